The summed E-state index contributed by atoms with van der Waals surface area (Å²) in [6.45, 7) is 2.30. The van der Waals surface area contributed by atoms with Crippen LogP contribution in [0.5, 0.6) is 0 Å². The molecule has 3 aromatic rings. The average molecular weight is 305 g/mol. The predicted molar refractivity (Wildman–Crippen MR) is 100 cm³/mol. The molecule has 0 spiro atoms. The highest BCUT2D eigenvalue weighted by molar-refractivity contribution is 7.95. The van der Waals surface area contributed by atoms with Gasteiger partial charge in [-0.2, -0.15) is 0 Å². The van der Waals surface area contributed by atoms with E-state index in [1.54, 1.807) is 0 Å². The first-order chi connectivity index (χ1) is 10.9. The van der Waals surface area contributed by atoms with Crippen LogP contribution in [0.3, 0.4) is 0 Å². The van der Waals surface area contributed by atoms with Gasteiger partial charge >= 0.3 is 0 Å². The molecule has 0 aliphatic carbocycles. The van der Waals surface area contributed by atoms with Crippen molar-refractivity contribution in [2.45, 2.75) is 13.3 Å². The molecule has 0 atom stereocenters. The molecule has 0 unspecified atom stereocenters. The van der Waals surface area contributed by atoms with Crippen LogP contribution >= 0.6 is 7.26 Å². The molecule has 0 nitrogen and oxygen atoms in total. The minimum absolute atomic E-state index is 1.19. The third-order valence-electron chi connectivity index (χ3n) is 4.15. The smallest absolute Gasteiger partial charge is 0.0196 e. The molecule has 111 valence electrons. The van der Waals surface area contributed by atoms with E-state index in [0.29, 0.717) is 0 Å². The lowest BCUT2D eigenvalue weighted by Crippen LogP contribution is -2.33. The molecule has 0 fully saturated rings. The minimum atomic E-state index is -1.55. The molecule has 0 saturated heterocycles. The lowest BCUT2D eigenvalue weighted by molar-refractivity contribution is 1.10. The van der Waals surface area contributed by atoms with Gasteiger partial charge in [0.05, 0.1) is 0 Å². The third-order valence-corrected chi connectivity index (χ3v) is 8.81. The van der Waals surface area contributed by atoms with Crippen molar-refractivity contribution in [1.29, 1.82) is 0 Å². The van der Waals surface area contributed by atoms with Crippen molar-refractivity contribution in [1.82, 2.24) is 0 Å². The normalized spacial score (nSPS) is 11.3. The number of hydrogen-bond donors (Lipinski definition) is 0. The molecule has 0 N–H and O–H groups in total. The van der Waals surface area contributed by atoms with Crippen LogP contribution in [-0.2, 0) is 0 Å². The van der Waals surface area contributed by atoms with Crippen LogP contribution < -0.4 is 15.9 Å². The van der Waals surface area contributed by atoms with Gasteiger partial charge in [0, 0.05) is 0 Å². The SMILES string of the molecule is CCC[P](c1ccccc1)(c1ccccc1)c1ccccc1. The van der Waals surface area contributed by atoms with E-state index < -0.39 is 7.26 Å². The largest absolute Gasteiger partial charge is 0.0650 e. The Bertz CT molecular complexity index is 593. The van der Waals surface area contributed by atoms with Crippen LogP contribution in [0.2, 0.25) is 0 Å². The fourth-order valence-corrected chi connectivity index (χ4v) is 7.60. The summed E-state index contributed by atoms with van der Waals surface area (Å²) < 4.78 is 0. The van der Waals surface area contributed by atoms with E-state index in [0.717, 1.165) is 0 Å². The van der Waals surface area contributed by atoms with Crippen molar-refractivity contribution in [3.63, 3.8) is 0 Å². The number of benzene rings is 3. The summed E-state index contributed by atoms with van der Waals surface area (Å²) in [7, 11) is -1.55. The molecule has 0 aromatic heterocycles. The predicted octanol–water partition coefficient (Wildman–Crippen LogP) is 4.39. The zero-order valence-electron chi connectivity index (χ0n) is 13.0. The zero-order chi connectivity index (χ0) is 15.3. The Hall–Kier alpha value is -1.91. The van der Waals surface area contributed by atoms with Crippen molar-refractivity contribution < 1.29 is 0 Å². The standard InChI is InChI=1S/C21H22P/c1-2-18-22(19-12-6-3-7-13-19,20-14-8-4-9-15-20)21-16-10-5-11-17-21/h3-17H,2,18H2,1H3. The molecule has 3 rings (SSSR count). The third kappa shape index (κ3) is 2.72. The highest BCUT2D eigenvalue weighted by Gasteiger charge is 2.32. The molecule has 1 radical (unpaired) electrons. The van der Waals surface area contributed by atoms with E-state index >= 15 is 0 Å². The van der Waals surface area contributed by atoms with Gasteiger partial charge in [0.2, 0.25) is 0 Å². The Kier molecular flexibility index (Phi) is 4.71. The van der Waals surface area contributed by atoms with E-state index in [9.17, 15) is 0 Å². The maximum atomic E-state index is 2.31. The molecular weight excluding hydrogens is 283 g/mol. The van der Waals surface area contributed by atoms with Gasteiger partial charge < -0.3 is 0 Å². The number of hydrogen-bond acceptors (Lipinski definition) is 0. The second-order valence-corrected chi connectivity index (χ2v) is 9.16. The second kappa shape index (κ2) is 6.90. The first kappa shape index (κ1) is 15.0. The van der Waals surface area contributed by atoms with Crippen molar-refractivity contribution >= 4 is 23.2 Å². The van der Waals surface area contributed by atoms with E-state index in [2.05, 4.69) is 97.9 Å². The molecule has 3 aromatic carbocycles. The summed E-state index contributed by atoms with van der Waals surface area (Å²) in [5.74, 6) is 0. The first-order valence-corrected chi connectivity index (χ1v) is 9.90. The van der Waals surface area contributed by atoms with Gasteiger partial charge in [0.1, 0.15) is 0 Å². The Labute approximate surface area is 134 Å². The molecule has 1 heteroatoms. The fourth-order valence-electron chi connectivity index (χ4n) is 3.22. The Morgan fingerprint density at radius 2 is 0.864 bits per heavy atom. The maximum absolute atomic E-state index is 2.31. The van der Waals surface area contributed by atoms with E-state index in [1.807, 2.05) is 0 Å². The molecule has 0 aliphatic rings. The highest BCUT2D eigenvalue weighted by Crippen LogP contribution is 2.55. The highest BCUT2D eigenvalue weighted by atomic mass is 31.2. The van der Waals surface area contributed by atoms with Crippen LogP contribution in [0.1, 0.15) is 13.3 Å². The first-order valence-electron chi connectivity index (χ1n) is 7.93. The molecule has 0 heterocycles. The maximum Gasteiger partial charge on any atom is -0.0196 e. The Balaban J connectivity index is 2.29. The molecule has 0 amide bonds. The van der Waals surface area contributed by atoms with Crippen LogP contribution in [-0.4, -0.2) is 6.16 Å². The van der Waals surface area contributed by atoms with Crippen molar-refractivity contribution in [2.75, 3.05) is 6.16 Å². The fraction of sp³-hybridized carbons (Fsp3) is 0.143. The van der Waals surface area contributed by atoms with Gasteiger partial charge in [-0.05, 0) is 29.3 Å². The average Bonchev–Trinajstić information content (AvgIpc) is 2.62. The summed E-state index contributed by atoms with van der Waals surface area (Å²) in [6, 6.07) is 33.2. The van der Waals surface area contributed by atoms with Crippen LogP contribution in [0.4, 0.5) is 0 Å². The van der Waals surface area contributed by atoms with Gasteiger partial charge in [-0.3, -0.25) is 0 Å². The summed E-state index contributed by atoms with van der Waals surface area (Å²) in [5, 5.41) is 4.44. The lowest BCUT2D eigenvalue weighted by atomic mass is 10.4. The van der Waals surface area contributed by atoms with Crippen LogP contribution in [0, 0.1) is 0 Å². The van der Waals surface area contributed by atoms with Crippen LogP contribution in [0.25, 0.3) is 0 Å². The monoisotopic (exact) mass is 305 g/mol. The molecule has 0 aliphatic heterocycles. The second-order valence-electron chi connectivity index (χ2n) is 5.54. The summed E-state index contributed by atoms with van der Waals surface area (Å²) in [6.07, 6.45) is 2.40. The molecule has 22 heavy (non-hydrogen) atoms. The van der Waals surface area contributed by atoms with E-state index in [1.165, 1.54) is 28.5 Å². The Morgan fingerprint density at radius 1 is 0.545 bits per heavy atom. The zero-order valence-corrected chi connectivity index (χ0v) is 13.9. The molecule has 0 bridgehead atoms. The van der Waals surface area contributed by atoms with Crippen LogP contribution in [0.15, 0.2) is 91.0 Å². The van der Waals surface area contributed by atoms with Gasteiger partial charge in [-0.1, -0.05) is 104 Å². The molecular formula is C21H22P. The molecule has 0 saturated carbocycles. The van der Waals surface area contributed by atoms with Gasteiger partial charge in [-0.15, -0.1) is 0 Å². The van der Waals surface area contributed by atoms with Gasteiger partial charge in [-0.25, -0.2) is 0 Å². The summed E-state index contributed by atoms with van der Waals surface area (Å²) >= 11 is 0. The van der Waals surface area contributed by atoms with E-state index in [4.69, 9.17) is 0 Å². The number of rotatable bonds is 5. The minimum Gasteiger partial charge on any atom is -0.0650 e. The quantitative estimate of drug-likeness (QED) is 0.613. The summed E-state index contributed by atoms with van der Waals surface area (Å²) in [4.78, 5) is 0. The Morgan fingerprint density at radius 3 is 1.14 bits per heavy atom. The van der Waals surface area contributed by atoms with Crippen molar-refractivity contribution in [3.05, 3.63) is 91.0 Å². The van der Waals surface area contributed by atoms with Crippen molar-refractivity contribution in [2.24, 2.45) is 0 Å². The van der Waals surface area contributed by atoms with Crippen molar-refractivity contribution in [3.8, 4) is 0 Å². The topological polar surface area (TPSA) is 0 Å². The van der Waals surface area contributed by atoms with Gasteiger partial charge in [0.25, 0.3) is 0 Å². The lowest BCUT2D eigenvalue weighted by Gasteiger charge is -2.38. The van der Waals surface area contributed by atoms with E-state index in [-0.39, 0.29) is 0 Å². The summed E-state index contributed by atoms with van der Waals surface area (Å²) in [5.41, 5.74) is 0. The van der Waals surface area contributed by atoms with Gasteiger partial charge in [0.15, 0.2) is 0 Å².